The van der Waals surface area contributed by atoms with Crippen molar-refractivity contribution in [2.75, 3.05) is 12.0 Å². The minimum Gasteiger partial charge on any atom is -0.493 e. The van der Waals surface area contributed by atoms with E-state index < -0.39 is 0 Å². The number of aryl methyl sites for hydroxylation is 2. The second-order valence-corrected chi connectivity index (χ2v) is 9.45. The fourth-order valence-corrected chi connectivity index (χ4v) is 4.97. The molecule has 7 heteroatoms. The number of carbonyl (C=O) groups is 1. The van der Waals surface area contributed by atoms with Crippen LogP contribution in [0.5, 0.6) is 11.5 Å². The number of rotatable bonds is 6. The minimum absolute atomic E-state index is 0.144. The standard InChI is InChI=1S/C27H22N2O3S2/c1-17-8-10-22(18(2)12-17)29-26(30)25(34-27(29)33)14-19-9-11-23(24(13-19)31-3)32-16-21-7-5-4-6-20(21)15-28/h4-14H,16H2,1-3H3/b25-14+. The van der Waals surface area contributed by atoms with E-state index in [9.17, 15) is 10.1 Å². The van der Waals surface area contributed by atoms with Gasteiger partial charge in [-0.1, -0.05) is 65.9 Å². The van der Waals surface area contributed by atoms with Gasteiger partial charge in [-0.3, -0.25) is 9.69 Å². The number of anilines is 1. The van der Waals surface area contributed by atoms with Crippen molar-refractivity contribution in [2.24, 2.45) is 0 Å². The Hall–Kier alpha value is -3.60. The van der Waals surface area contributed by atoms with Crippen molar-refractivity contribution < 1.29 is 14.3 Å². The number of amides is 1. The first kappa shape index (κ1) is 23.6. The quantitative estimate of drug-likeness (QED) is 0.307. The summed E-state index contributed by atoms with van der Waals surface area (Å²) >= 11 is 6.80. The van der Waals surface area contributed by atoms with Crippen molar-refractivity contribution in [1.82, 2.24) is 0 Å². The zero-order valence-corrected chi connectivity index (χ0v) is 20.6. The van der Waals surface area contributed by atoms with Crippen LogP contribution in [0.1, 0.15) is 27.8 Å². The molecule has 0 aromatic heterocycles. The molecule has 0 radical (unpaired) electrons. The number of methoxy groups -OCH3 is 1. The van der Waals surface area contributed by atoms with E-state index in [2.05, 4.69) is 6.07 Å². The Balaban J connectivity index is 1.56. The molecule has 5 nitrogen and oxygen atoms in total. The van der Waals surface area contributed by atoms with Gasteiger partial charge in [0.25, 0.3) is 5.91 Å². The molecule has 3 aromatic carbocycles. The van der Waals surface area contributed by atoms with E-state index in [4.69, 9.17) is 21.7 Å². The molecule has 0 N–H and O–H groups in total. The van der Waals surface area contributed by atoms with Crippen LogP contribution in [0.2, 0.25) is 0 Å². The van der Waals surface area contributed by atoms with Gasteiger partial charge in [0.2, 0.25) is 0 Å². The third-order valence-corrected chi connectivity index (χ3v) is 6.70. The van der Waals surface area contributed by atoms with Gasteiger partial charge in [0.1, 0.15) is 6.61 Å². The summed E-state index contributed by atoms with van der Waals surface area (Å²) in [5.41, 5.74) is 5.10. The van der Waals surface area contributed by atoms with Crippen LogP contribution in [0, 0.1) is 25.2 Å². The second kappa shape index (κ2) is 10.1. The smallest absolute Gasteiger partial charge is 0.270 e. The molecule has 0 spiro atoms. The second-order valence-electron chi connectivity index (χ2n) is 7.77. The Labute approximate surface area is 208 Å². The van der Waals surface area contributed by atoms with Gasteiger partial charge in [-0.15, -0.1) is 0 Å². The van der Waals surface area contributed by atoms with Gasteiger partial charge < -0.3 is 9.47 Å². The molecule has 0 unspecified atom stereocenters. The summed E-state index contributed by atoms with van der Waals surface area (Å²) in [5.74, 6) is 0.942. The molecule has 170 valence electrons. The van der Waals surface area contributed by atoms with Gasteiger partial charge >= 0.3 is 0 Å². The van der Waals surface area contributed by atoms with Crippen LogP contribution >= 0.6 is 24.0 Å². The zero-order valence-electron chi connectivity index (χ0n) is 19.0. The number of hydrogen-bond acceptors (Lipinski definition) is 6. The van der Waals surface area contributed by atoms with E-state index in [-0.39, 0.29) is 12.5 Å². The normalized spacial score (nSPS) is 14.4. The van der Waals surface area contributed by atoms with E-state index in [1.807, 2.05) is 62.4 Å². The first-order chi connectivity index (χ1) is 16.4. The third kappa shape index (κ3) is 4.84. The topological polar surface area (TPSA) is 62.6 Å². The van der Waals surface area contributed by atoms with E-state index in [0.29, 0.717) is 26.3 Å². The number of thiocarbonyl (C=S) groups is 1. The van der Waals surface area contributed by atoms with Crippen LogP contribution in [0.15, 0.2) is 65.6 Å². The van der Waals surface area contributed by atoms with Gasteiger partial charge in [0.05, 0.1) is 29.3 Å². The average molecular weight is 487 g/mol. The lowest BCUT2D eigenvalue weighted by atomic mass is 10.1. The number of benzene rings is 3. The molecular formula is C27H22N2O3S2. The van der Waals surface area contributed by atoms with E-state index in [0.717, 1.165) is 27.9 Å². The fraction of sp³-hybridized carbons (Fsp3) is 0.148. The van der Waals surface area contributed by atoms with Crippen molar-refractivity contribution in [3.8, 4) is 17.6 Å². The van der Waals surface area contributed by atoms with Crippen molar-refractivity contribution >= 4 is 46.0 Å². The summed E-state index contributed by atoms with van der Waals surface area (Å²) in [6.45, 7) is 4.24. The maximum atomic E-state index is 13.2. The van der Waals surface area contributed by atoms with E-state index in [1.54, 1.807) is 30.2 Å². The summed E-state index contributed by atoms with van der Waals surface area (Å²) in [4.78, 5) is 15.3. The highest BCUT2D eigenvalue weighted by Crippen LogP contribution is 2.38. The fourth-order valence-electron chi connectivity index (χ4n) is 3.69. The number of carbonyl (C=O) groups excluding carboxylic acids is 1. The average Bonchev–Trinajstić information content (AvgIpc) is 3.11. The number of ether oxygens (including phenoxy) is 2. The summed E-state index contributed by atoms with van der Waals surface area (Å²) < 4.78 is 11.9. The number of hydrogen-bond donors (Lipinski definition) is 0. The van der Waals surface area contributed by atoms with Gasteiger partial charge in [-0.2, -0.15) is 5.26 Å². The summed E-state index contributed by atoms with van der Waals surface area (Å²) in [5, 5.41) is 9.27. The zero-order chi connectivity index (χ0) is 24.2. The Morgan fingerprint density at radius 3 is 2.62 bits per heavy atom. The van der Waals surface area contributed by atoms with Crippen LogP contribution in [0.25, 0.3) is 6.08 Å². The van der Waals surface area contributed by atoms with Crippen LogP contribution in [0.4, 0.5) is 5.69 Å². The molecule has 1 amide bonds. The third-order valence-electron chi connectivity index (χ3n) is 5.39. The van der Waals surface area contributed by atoms with Gasteiger partial charge in [-0.05, 0) is 55.3 Å². The lowest BCUT2D eigenvalue weighted by Crippen LogP contribution is -2.28. The first-order valence-electron chi connectivity index (χ1n) is 10.6. The number of nitrogens with zero attached hydrogens (tertiary/aromatic N) is 2. The summed E-state index contributed by atoms with van der Waals surface area (Å²) in [6, 6.07) is 20.9. The van der Waals surface area contributed by atoms with Crippen molar-refractivity contribution in [1.29, 1.82) is 5.26 Å². The maximum Gasteiger partial charge on any atom is 0.270 e. The highest BCUT2D eigenvalue weighted by molar-refractivity contribution is 8.27. The first-order valence-corrected chi connectivity index (χ1v) is 11.8. The largest absolute Gasteiger partial charge is 0.493 e. The Morgan fingerprint density at radius 2 is 1.88 bits per heavy atom. The molecule has 0 bridgehead atoms. The predicted octanol–water partition coefficient (Wildman–Crippen LogP) is 6.17. The molecule has 0 aliphatic carbocycles. The molecule has 0 saturated carbocycles. The molecule has 0 atom stereocenters. The van der Waals surface area contributed by atoms with Crippen LogP contribution in [0.3, 0.4) is 0 Å². The van der Waals surface area contributed by atoms with Gasteiger partial charge in [0, 0.05) is 5.56 Å². The Kier molecular flexibility index (Phi) is 7.01. The summed E-state index contributed by atoms with van der Waals surface area (Å²) in [7, 11) is 1.56. The highest BCUT2D eigenvalue weighted by Gasteiger charge is 2.34. The molecule has 4 rings (SSSR count). The highest BCUT2D eigenvalue weighted by atomic mass is 32.2. The van der Waals surface area contributed by atoms with Gasteiger partial charge in [-0.25, -0.2) is 0 Å². The van der Waals surface area contributed by atoms with Gasteiger partial charge in [0.15, 0.2) is 15.8 Å². The molecule has 1 aliphatic rings. The molecule has 3 aromatic rings. The molecular weight excluding hydrogens is 464 g/mol. The van der Waals surface area contributed by atoms with Crippen LogP contribution in [-0.4, -0.2) is 17.3 Å². The van der Waals surface area contributed by atoms with E-state index >= 15 is 0 Å². The SMILES string of the molecule is COc1cc(/C=C2/SC(=S)N(c3ccc(C)cc3C)C2=O)ccc1OCc1ccccc1C#N. The number of thioether (sulfide) groups is 1. The molecule has 1 heterocycles. The van der Waals surface area contributed by atoms with Crippen molar-refractivity contribution in [2.45, 2.75) is 20.5 Å². The maximum absolute atomic E-state index is 13.2. The molecule has 1 fully saturated rings. The number of nitriles is 1. The Bertz CT molecular complexity index is 1360. The molecule has 34 heavy (non-hydrogen) atoms. The van der Waals surface area contributed by atoms with E-state index in [1.165, 1.54) is 11.8 Å². The van der Waals surface area contributed by atoms with Crippen LogP contribution in [-0.2, 0) is 11.4 Å². The minimum atomic E-state index is -0.144. The molecule has 1 aliphatic heterocycles. The lowest BCUT2D eigenvalue weighted by molar-refractivity contribution is -0.113. The Morgan fingerprint density at radius 1 is 1.09 bits per heavy atom. The lowest BCUT2D eigenvalue weighted by Gasteiger charge is -2.17. The monoisotopic (exact) mass is 486 g/mol. The summed E-state index contributed by atoms with van der Waals surface area (Å²) in [6.07, 6.45) is 1.81. The van der Waals surface area contributed by atoms with Crippen molar-refractivity contribution in [3.63, 3.8) is 0 Å². The predicted molar refractivity (Wildman–Crippen MR) is 140 cm³/mol. The van der Waals surface area contributed by atoms with Crippen LogP contribution < -0.4 is 14.4 Å². The molecule has 1 saturated heterocycles. The van der Waals surface area contributed by atoms with Crippen molar-refractivity contribution in [3.05, 3.63) is 93.4 Å².